The first-order valence-corrected chi connectivity index (χ1v) is 2.13. The molecule has 0 bridgehead atoms. The van der Waals surface area contributed by atoms with Gasteiger partial charge in [0.1, 0.15) is 0 Å². The highest BCUT2D eigenvalue weighted by Gasteiger charge is 2.57. The molecule has 4 heteroatoms. The van der Waals surface area contributed by atoms with Crippen molar-refractivity contribution >= 4 is 5.97 Å². The summed E-state index contributed by atoms with van der Waals surface area (Å²) in [6.07, 6.45) is -0.546. The number of carboxylic acids is 1. The fourth-order valence-electron chi connectivity index (χ4n) is 0.469. The first kappa shape index (κ1) is 5.47. The molecular weight excluding hydrogens is 118 g/mol. The minimum Gasteiger partial charge on any atom is -0.550 e. The highest BCUT2D eigenvalue weighted by atomic mass is 19.3. The van der Waals surface area contributed by atoms with Crippen LogP contribution >= 0.6 is 0 Å². The Kier molecular flexibility index (Phi) is 0.808. The van der Waals surface area contributed by atoms with E-state index in [1.54, 1.807) is 0 Å². The van der Waals surface area contributed by atoms with Gasteiger partial charge in [0.2, 0.25) is 0 Å². The largest absolute Gasteiger partial charge is 0.550 e. The molecule has 1 aliphatic carbocycles. The second-order valence-electron chi connectivity index (χ2n) is 1.84. The van der Waals surface area contributed by atoms with Gasteiger partial charge in [0.05, 0.1) is 11.9 Å². The fraction of sp³-hybridized carbons (Fsp3) is 0.750. The summed E-state index contributed by atoms with van der Waals surface area (Å²) < 4.78 is 23.3. The summed E-state index contributed by atoms with van der Waals surface area (Å²) in [5.74, 6) is -6.13. The Labute approximate surface area is 44.1 Å². The van der Waals surface area contributed by atoms with Crippen LogP contribution in [-0.2, 0) is 4.79 Å². The van der Waals surface area contributed by atoms with E-state index in [9.17, 15) is 18.7 Å². The first-order valence-electron chi connectivity index (χ1n) is 2.13. The van der Waals surface area contributed by atoms with Gasteiger partial charge in [-0.3, -0.25) is 0 Å². The van der Waals surface area contributed by atoms with Crippen LogP contribution in [-0.4, -0.2) is 11.9 Å². The molecule has 0 aliphatic heterocycles. The summed E-state index contributed by atoms with van der Waals surface area (Å²) in [5.41, 5.74) is 0. The zero-order chi connectivity index (χ0) is 6.36. The van der Waals surface area contributed by atoms with Gasteiger partial charge in [0.25, 0.3) is 5.92 Å². The number of rotatable bonds is 1. The molecule has 8 heavy (non-hydrogen) atoms. The molecule has 0 aromatic rings. The highest BCUT2D eigenvalue weighted by Crippen LogP contribution is 2.47. The van der Waals surface area contributed by atoms with Crippen molar-refractivity contribution in [1.82, 2.24) is 0 Å². The Balaban J connectivity index is 2.48. The number of halogens is 2. The molecule has 1 saturated carbocycles. The van der Waals surface area contributed by atoms with Crippen molar-refractivity contribution in [3.63, 3.8) is 0 Å². The lowest BCUT2D eigenvalue weighted by molar-refractivity contribution is -0.309. The van der Waals surface area contributed by atoms with E-state index in [-0.39, 0.29) is 0 Å². The third kappa shape index (κ3) is 0.657. The van der Waals surface area contributed by atoms with Crippen molar-refractivity contribution in [3.8, 4) is 0 Å². The molecule has 0 unspecified atom stereocenters. The number of carbonyl (C=O) groups excluding carboxylic acids is 1. The van der Waals surface area contributed by atoms with Crippen LogP contribution in [0.4, 0.5) is 8.78 Å². The molecule has 0 aromatic carbocycles. The van der Waals surface area contributed by atoms with Crippen LogP contribution in [0.25, 0.3) is 0 Å². The molecule has 1 atom stereocenters. The Hall–Kier alpha value is -0.670. The summed E-state index contributed by atoms with van der Waals surface area (Å²) in [7, 11) is 0. The Morgan fingerprint density at radius 2 is 2.12 bits per heavy atom. The van der Waals surface area contributed by atoms with Gasteiger partial charge in [-0.2, -0.15) is 0 Å². The SMILES string of the molecule is O=C([O-])[C@H]1CC1(F)F. The molecule has 0 heterocycles. The Morgan fingerprint density at radius 3 is 2.12 bits per heavy atom. The first-order chi connectivity index (χ1) is 3.54. The van der Waals surface area contributed by atoms with E-state index in [1.807, 2.05) is 0 Å². The number of carbonyl (C=O) groups is 1. The van der Waals surface area contributed by atoms with Crippen molar-refractivity contribution in [2.75, 3.05) is 0 Å². The summed E-state index contributed by atoms with van der Waals surface area (Å²) >= 11 is 0. The zero-order valence-corrected chi connectivity index (χ0v) is 3.86. The van der Waals surface area contributed by atoms with Gasteiger partial charge in [0.15, 0.2) is 0 Å². The number of hydrogen-bond acceptors (Lipinski definition) is 2. The zero-order valence-electron chi connectivity index (χ0n) is 3.86. The molecule has 0 spiro atoms. The van der Waals surface area contributed by atoms with Crippen LogP contribution in [0.2, 0.25) is 0 Å². The maximum absolute atomic E-state index is 11.6. The van der Waals surface area contributed by atoms with Crippen LogP contribution in [0.5, 0.6) is 0 Å². The Morgan fingerprint density at radius 1 is 1.75 bits per heavy atom. The lowest BCUT2D eigenvalue weighted by Gasteiger charge is -1.95. The van der Waals surface area contributed by atoms with Crippen molar-refractivity contribution in [2.45, 2.75) is 12.3 Å². The number of aliphatic carboxylic acids is 1. The number of alkyl halides is 2. The third-order valence-electron chi connectivity index (χ3n) is 1.11. The highest BCUT2D eigenvalue weighted by molar-refractivity contribution is 5.72. The molecule has 1 fully saturated rings. The predicted octanol–water partition coefficient (Wildman–Crippen LogP) is -0.608. The molecule has 0 radical (unpaired) electrons. The van der Waals surface area contributed by atoms with Gasteiger partial charge >= 0.3 is 0 Å². The monoisotopic (exact) mass is 121 g/mol. The smallest absolute Gasteiger partial charge is 0.257 e. The van der Waals surface area contributed by atoms with Gasteiger partial charge in [-0.05, 0) is 0 Å². The van der Waals surface area contributed by atoms with Gasteiger partial charge in [0, 0.05) is 6.42 Å². The van der Waals surface area contributed by atoms with Gasteiger partial charge in [-0.25, -0.2) is 8.78 Å². The lowest BCUT2D eigenvalue weighted by Crippen LogP contribution is -2.26. The molecule has 0 saturated heterocycles. The second-order valence-corrected chi connectivity index (χ2v) is 1.84. The van der Waals surface area contributed by atoms with Crippen molar-refractivity contribution < 1.29 is 18.7 Å². The van der Waals surface area contributed by atoms with E-state index in [0.717, 1.165) is 0 Å². The second kappa shape index (κ2) is 1.18. The van der Waals surface area contributed by atoms with Crippen molar-refractivity contribution in [1.29, 1.82) is 0 Å². The summed E-state index contributed by atoms with van der Waals surface area (Å²) in [6.45, 7) is 0. The van der Waals surface area contributed by atoms with Gasteiger partial charge in [-0.1, -0.05) is 0 Å². The fourth-order valence-corrected chi connectivity index (χ4v) is 0.469. The standard InChI is InChI=1S/C4H4F2O2/c5-4(6)1-2(4)3(7)8/h2H,1H2,(H,7,8)/p-1/t2-/m1/s1. The van der Waals surface area contributed by atoms with Gasteiger partial charge < -0.3 is 9.90 Å². The summed E-state index contributed by atoms with van der Waals surface area (Å²) in [4.78, 5) is 9.59. The number of hydrogen-bond donors (Lipinski definition) is 0. The van der Waals surface area contributed by atoms with E-state index in [0.29, 0.717) is 0 Å². The molecule has 0 N–H and O–H groups in total. The maximum atomic E-state index is 11.6. The van der Waals surface area contributed by atoms with Crippen LogP contribution in [0, 0.1) is 5.92 Å². The Bertz CT molecular complexity index is 132. The lowest BCUT2D eigenvalue weighted by atomic mass is 10.4. The normalized spacial score (nSPS) is 32.0. The van der Waals surface area contributed by atoms with Crippen molar-refractivity contribution in [3.05, 3.63) is 0 Å². The number of carboxylic acid groups (broad SMARTS) is 1. The van der Waals surface area contributed by atoms with E-state index >= 15 is 0 Å². The minimum absolute atomic E-state index is 0.546. The van der Waals surface area contributed by atoms with Crippen LogP contribution < -0.4 is 5.11 Å². The molecule has 1 aliphatic rings. The average molecular weight is 121 g/mol. The van der Waals surface area contributed by atoms with Crippen LogP contribution in [0.15, 0.2) is 0 Å². The summed E-state index contributed by atoms with van der Waals surface area (Å²) in [5, 5.41) is 9.59. The topological polar surface area (TPSA) is 40.1 Å². The molecule has 0 aromatic heterocycles. The minimum atomic E-state index is -2.97. The summed E-state index contributed by atoms with van der Waals surface area (Å²) in [6, 6.07) is 0. The van der Waals surface area contributed by atoms with Crippen molar-refractivity contribution in [2.24, 2.45) is 5.92 Å². The van der Waals surface area contributed by atoms with Crippen LogP contribution in [0.1, 0.15) is 6.42 Å². The average Bonchev–Trinajstić information content (AvgIpc) is 2.13. The van der Waals surface area contributed by atoms with E-state index in [1.165, 1.54) is 0 Å². The quantitative estimate of drug-likeness (QED) is 0.464. The van der Waals surface area contributed by atoms with E-state index in [4.69, 9.17) is 0 Å². The predicted molar refractivity (Wildman–Crippen MR) is 18.1 cm³/mol. The van der Waals surface area contributed by atoms with E-state index in [2.05, 4.69) is 0 Å². The maximum Gasteiger partial charge on any atom is 0.257 e. The van der Waals surface area contributed by atoms with Crippen LogP contribution in [0.3, 0.4) is 0 Å². The van der Waals surface area contributed by atoms with E-state index < -0.39 is 24.2 Å². The van der Waals surface area contributed by atoms with Gasteiger partial charge in [-0.15, -0.1) is 0 Å². The molecule has 0 amide bonds. The molecular formula is C4H3F2O2-. The third-order valence-corrected chi connectivity index (χ3v) is 1.11. The molecule has 1 rings (SSSR count). The molecule has 2 nitrogen and oxygen atoms in total. The molecule has 46 valence electrons.